The second-order valence-electron chi connectivity index (χ2n) is 4.67. The molecule has 0 heterocycles. The second kappa shape index (κ2) is 7.42. The van der Waals surface area contributed by atoms with Gasteiger partial charge in [0.05, 0.1) is 7.11 Å². The first-order valence-electron chi connectivity index (χ1n) is 6.73. The highest BCUT2D eigenvalue weighted by molar-refractivity contribution is 7.80. The molecule has 0 bridgehead atoms. The number of anilines is 1. The van der Waals surface area contributed by atoms with Crippen molar-refractivity contribution in [3.05, 3.63) is 53.6 Å². The molecule has 2 rings (SSSR count). The molecule has 1 amide bonds. The Labute approximate surface area is 142 Å². The highest BCUT2D eigenvalue weighted by atomic mass is 32.1. The van der Waals surface area contributed by atoms with Crippen LogP contribution in [0.15, 0.2) is 42.5 Å². The third-order valence-corrected chi connectivity index (χ3v) is 3.27. The van der Waals surface area contributed by atoms with E-state index in [2.05, 4.69) is 10.6 Å². The number of carbonyl (C=O) groups excluding carboxylic acids is 1. The number of thiocarbonyl (C=S) groups is 1. The predicted octanol–water partition coefficient (Wildman–Crippen LogP) is 2.23. The predicted molar refractivity (Wildman–Crippen MR) is 91.7 cm³/mol. The zero-order valence-corrected chi connectivity index (χ0v) is 13.4. The summed E-state index contributed by atoms with van der Waals surface area (Å²) in [7, 11) is 1.52. The highest BCUT2D eigenvalue weighted by Gasteiger charge is 2.12. The lowest BCUT2D eigenvalue weighted by Gasteiger charge is -2.11. The Hall–Kier alpha value is -3.13. The lowest BCUT2D eigenvalue weighted by molar-refractivity contribution is 0.0693. The molecule has 0 radical (unpaired) electrons. The Bertz CT molecular complexity index is 790. The first-order chi connectivity index (χ1) is 11.4. The van der Waals surface area contributed by atoms with E-state index in [9.17, 15) is 14.7 Å². The summed E-state index contributed by atoms with van der Waals surface area (Å²) in [6, 6.07) is 10.3. The van der Waals surface area contributed by atoms with Crippen LogP contribution < -0.4 is 15.4 Å². The van der Waals surface area contributed by atoms with Gasteiger partial charge in [0.2, 0.25) is 0 Å². The van der Waals surface area contributed by atoms with Crippen LogP contribution in [-0.2, 0) is 0 Å². The molecule has 0 spiro atoms. The Balaban J connectivity index is 2.03. The highest BCUT2D eigenvalue weighted by Crippen LogP contribution is 2.21. The van der Waals surface area contributed by atoms with Crippen LogP contribution in [0.5, 0.6) is 11.5 Å². The molecule has 7 nitrogen and oxygen atoms in total. The van der Waals surface area contributed by atoms with Crippen LogP contribution in [0.1, 0.15) is 20.7 Å². The summed E-state index contributed by atoms with van der Waals surface area (Å²) in [4.78, 5) is 23.0. The minimum atomic E-state index is -1.27. The molecule has 0 aliphatic rings. The average molecular weight is 346 g/mol. The number of carboxylic acids is 1. The lowest BCUT2D eigenvalue weighted by Crippen LogP contribution is -2.34. The van der Waals surface area contributed by atoms with E-state index >= 15 is 0 Å². The quantitative estimate of drug-likeness (QED) is 0.496. The van der Waals surface area contributed by atoms with E-state index in [1.807, 2.05) is 0 Å². The van der Waals surface area contributed by atoms with E-state index in [0.29, 0.717) is 17.0 Å². The SMILES string of the molecule is COc1ccc(C(=O)NC(=S)Nc2ccc(O)c(C(=O)O)c2)cc1. The number of hydrogen-bond donors (Lipinski definition) is 4. The summed E-state index contributed by atoms with van der Waals surface area (Å²) >= 11 is 5.03. The van der Waals surface area contributed by atoms with Gasteiger partial charge < -0.3 is 20.3 Å². The van der Waals surface area contributed by atoms with Crippen molar-refractivity contribution in [1.82, 2.24) is 5.32 Å². The van der Waals surface area contributed by atoms with Gasteiger partial charge in [-0.3, -0.25) is 10.1 Å². The first-order valence-corrected chi connectivity index (χ1v) is 7.14. The summed E-state index contributed by atoms with van der Waals surface area (Å²) in [6.07, 6.45) is 0. The number of amides is 1. The zero-order chi connectivity index (χ0) is 17.7. The number of ether oxygens (including phenoxy) is 1. The maximum Gasteiger partial charge on any atom is 0.339 e. The fourth-order valence-corrected chi connectivity index (χ4v) is 2.08. The molecule has 124 valence electrons. The third kappa shape index (κ3) is 4.20. The number of phenols is 1. The Kier molecular flexibility index (Phi) is 5.33. The Morgan fingerprint density at radius 3 is 2.38 bits per heavy atom. The molecular formula is C16H14N2O5S. The molecule has 0 aromatic heterocycles. The van der Waals surface area contributed by atoms with Gasteiger partial charge in [-0.1, -0.05) is 0 Å². The minimum Gasteiger partial charge on any atom is -0.507 e. The normalized spacial score (nSPS) is 9.88. The molecule has 2 aromatic rings. The maximum absolute atomic E-state index is 12.1. The number of nitrogens with one attached hydrogen (secondary N) is 2. The van der Waals surface area contributed by atoms with E-state index in [0.717, 1.165) is 0 Å². The average Bonchev–Trinajstić information content (AvgIpc) is 2.56. The number of methoxy groups -OCH3 is 1. The van der Waals surface area contributed by atoms with Crippen molar-refractivity contribution in [3.63, 3.8) is 0 Å². The monoisotopic (exact) mass is 346 g/mol. The van der Waals surface area contributed by atoms with Crippen LogP contribution >= 0.6 is 12.2 Å². The van der Waals surface area contributed by atoms with Gasteiger partial charge in [0.1, 0.15) is 17.1 Å². The molecule has 4 N–H and O–H groups in total. The number of aromatic carboxylic acids is 1. The van der Waals surface area contributed by atoms with E-state index in [1.54, 1.807) is 24.3 Å². The van der Waals surface area contributed by atoms with E-state index < -0.39 is 11.9 Å². The van der Waals surface area contributed by atoms with Crippen molar-refractivity contribution in [1.29, 1.82) is 0 Å². The zero-order valence-electron chi connectivity index (χ0n) is 12.6. The van der Waals surface area contributed by atoms with Crippen LogP contribution in [-0.4, -0.2) is 34.3 Å². The molecular weight excluding hydrogens is 332 g/mol. The topological polar surface area (TPSA) is 108 Å². The molecule has 0 unspecified atom stereocenters. The number of hydrogen-bond acceptors (Lipinski definition) is 5. The second-order valence-corrected chi connectivity index (χ2v) is 5.08. The number of benzene rings is 2. The van der Waals surface area contributed by atoms with Crippen molar-refractivity contribution in [2.24, 2.45) is 0 Å². The van der Waals surface area contributed by atoms with Gasteiger partial charge >= 0.3 is 5.97 Å². The van der Waals surface area contributed by atoms with Gasteiger partial charge in [-0.05, 0) is 54.7 Å². The molecule has 0 saturated carbocycles. The summed E-state index contributed by atoms with van der Waals surface area (Å²) in [5, 5.41) is 23.6. The summed E-state index contributed by atoms with van der Waals surface area (Å²) in [6.45, 7) is 0. The van der Waals surface area contributed by atoms with Crippen LogP contribution in [0.2, 0.25) is 0 Å². The fourth-order valence-electron chi connectivity index (χ4n) is 1.87. The van der Waals surface area contributed by atoms with Crippen LogP contribution in [0.3, 0.4) is 0 Å². The molecule has 0 aliphatic carbocycles. The van der Waals surface area contributed by atoms with Crippen molar-refractivity contribution < 1.29 is 24.5 Å². The Morgan fingerprint density at radius 2 is 1.79 bits per heavy atom. The van der Waals surface area contributed by atoms with Crippen molar-refractivity contribution in [3.8, 4) is 11.5 Å². The minimum absolute atomic E-state index is 0.00199. The van der Waals surface area contributed by atoms with E-state index in [4.69, 9.17) is 22.1 Å². The van der Waals surface area contributed by atoms with Gasteiger partial charge in [0.25, 0.3) is 5.91 Å². The molecule has 8 heteroatoms. The van der Waals surface area contributed by atoms with Gasteiger partial charge in [0, 0.05) is 11.3 Å². The number of rotatable bonds is 4. The van der Waals surface area contributed by atoms with E-state index in [-0.39, 0.29) is 16.4 Å². The summed E-state index contributed by atoms with van der Waals surface area (Å²) in [5.41, 5.74) is 0.436. The van der Waals surface area contributed by atoms with Crippen molar-refractivity contribution in [2.75, 3.05) is 12.4 Å². The van der Waals surface area contributed by atoms with Crippen molar-refractivity contribution >= 4 is 34.9 Å². The standard InChI is InChI=1S/C16H14N2O5S/c1-23-11-5-2-9(3-6-11)14(20)18-16(24)17-10-4-7-13(19)12(8-10)15(21)22/h2-8,19H,1H3,(H,21,22)(H2,17,18,20,24). The third-order valence-electron chi connectivity index (χ3n) is 3.06. The number of carbonyl (C=O) groups is 2. The van der Waals surface area contributed by atoms with E-state index in [1.165, 1.54) is 25.3 Å². The lowest BCUT2D eigenvalue weighted by atomic mass is 10.2. The Morgan fingerprint density at radius 1 is 1.12 bits per heavy atom. The van der Waals surface area contributed by atoms with Gasteiger partial charge in [-0.2, -0.15) is 0 Å². The maximum atomic E-state index is 12.1. The van der Waals surface area contributed by atoms with Crippen LogP contribution in [0, 0.1) is 0 Å². The largest absolute Gasteiger partial charge is 0.507 e. The molecule has 0 fully saturated rings. The van der Waals surface area contributed by atoms with Gasteiger partial charge in [-0.25, -0.2) is 4.79 Å². The van der Waals surface area contributed by atoms with Crippen molar-refractivity contribution in [2.45, 2.75) is 0 Å². The number of aromatic hydroxyl groups is 1. The van der Waals surface area contributed by atoms with Gasteiger partial charge in [0.15, 0.2) is 5.11 Å². The van der Waals surface area contributed by atoms with Crippen LogP contribution in [0.25, 0.3) is 0 Å². The van der Waals surface area contributed by atoms with Gasteiger partial charge in [-0.15, -0.1) is 0 Å². The molecule has 24 heavy (non-hydrogen) atoms. The molecule has 0 atom stereocenters. The first kappa shape index (κ1) is 17.2. The summed E-state index contributed by atoms with van der Waals surface area (Å²) < 4.78 is 5.01. The van der Waals surface area contributed by atoms with Crippen LogP contribution in [0.4, 0.5) is 5.69 Å². The smallest absolute Gasteiger partial charge is 0.339 e. The molecule has 0 saturated heterocycles. The summed E-state index contributed by atoms with van der Waals surface area (Å²) in [5.74, 6) is -1.43. The molecule has 0 aliphatic heterocycles. The molecule has 2 aromatic carbocycles. The number of carboxylic acid groups (broad SMARTS) is 1. The fraction of sp³-hybridized carbons (Fsp3) is 0.0625.